The van der Waals surface area contributed by atoms with Crippen molar-refractivity contribution in [2.24, 2.45) is 0 Å². The molecule has 2 aromatic rings. The monoisotopic (exact) mass is 409 g/mol. The third-order valence-electron chi connectivity index (χ3n) is 2.77. The molecule has 0 aliphatic heterocycles. The molecule has 0 heterocycles. The van der Waals surface area contributed by atoms with Crippen LogP contribution in [-0.4, -0.2) is 5.91 Å². The Morgan fingerprint density at radius 2 is 1.96 bits per heavy atom. The Labute approximate surface area is 151 Å². The van der Waals surface area contributed by atoms with E-state index in [1.807, 2.05) is 30.3 Å². The van der Waals surface area contributed by atoms with Gasteiger partial charge in [0.05, 0.1) is 15.7 Å². The summed E-state index contributed by atoms with van der Waals surface area (Å²) >= 11 is 15.2. The molecule has 0 atom stereocenters. The van der Waals surface area contributed by atoms with E-state index in [2.05, 4.69) is 26.6 Å². The van der Waals surface area contributed by atoms with Gasteiger partial charge in [-0.25, -0.2) is 0 Å². The van der Waals surface area contributed by atoms with Crippen molar-refractivity contribution in [3.8, 4) is 6.07 Å². The highest BCUT2D eigenvalue weighted by molar-refractivity contribution is 9.10. The van der Waals surface area contributed by atoms with Crippen molar-refractivity contribution < 1.29 is 4.79 Å². The van der Waals surface area contributed by atoms with Crippen molar-refractivity contribution in [1.82, 2.24) is 0 Å². The first-order chi connectivity index (χ1) is 11.0. The van der Waals surface area contributed by atoms with E-state index in [9.17, 15) is 4.79 Å². The van der Waals surface area contributed by atoms with Gasteiger partial charge in [-0.2, -0.15) is 5.26 Å². The van der Waals surface area contributed by atoms with Crippen LogP contribution in [0.3, 0.4) is 0 Å². The Kier molecular flexibility index (Phi) is 6.05. The van der Waals surface area contributed by atoms with E-state index in [-0.39, 0.29) is 10.6 Å². The molecule has 0 saturated carbocycles. The van der Waals surface area contributed by atoms with Crippen molar-refractivity contribution in [1.29, 1.82) is 5.26 Å². The Hall–Kier alpha value is -2.00. The normalized spacial score (nSPS) is 10.8. The van der Waals surface area contributed by atoms with Crippen LogP contribution in [0.2, 0.25) is 10.0 Å². The summed E-state index contributed by atoms with van der Waals surface area (Å²) in [4.78, 5) is 12.1. The molecule has 0 aliphatic rings. The van der Waals surface area contributed by atoms with Crippen LogP contribution >= 0.6 is 39.1 Å². The fraction of sp³-hybridized carbons (Fsp3) is 0. The highest BCUT2D eigenvalue weighted by atomic mass is 79.9. The summed E-state index contributed by atoms with van der Waals surface area (Å²) in [6.45, 7) is 0. The average Bonchev–Trinajstić information content (AvgIpc) is 2.52. The Morgan fingerprint density at radius 1 is 1.22 bits per heavy atom. The van der Waals surface area contributed by atoms with Gasteiger partial charge in [-0.3, -0.25) is 4.79 Å². The van der Waals surface area contributed by atoms with E-state index in [1.165, 1.54) is 6.20 Å². The van der Waals surface area contributed by atoms with Gasteiger partial charge in [0, 0.05) is 16.4 Å². The number of nitriles is 1. The summed E-state index contributed by atoms with van der Waals surface area (Å²) in [7, 11) is 0. The fourth-order valence-electron chi connectivity index (χ4n) is 1.67. The minimum atomic E-state index is -0.584. The predicted octanol–water partition coefficient (Wildman–Crippen LogP) is 5.21. The summed E-state index contributed by atoms with van der Waals surface area (Å²) < 4.78 is 0.879. The summed E-state index contributed by atoms with van der Waals surface area (Å²) in [5, 5.41) is 15.1. The second-order valence-electron chi connectivity index (χ2n) is 4.38. The number of carbonyl (C=O) groups is 1. The standard InChI is InChI=1S/C16H10BrCl2N3O/c17-11-3-1-4-12(7-11)21-9-10(8-20)16(23)22-14-6-2-5-13(18)15(14)19/h1-7,9,21H,(H,22,23)/b10-9-. The van der Waals surface area contributed by atoms with Gasteiger partial charge < -0.3 is 10.6 Å². The Balaban J connectivity index is 2.14. The molecule has 0 fully saturated rings. The number of nitrogens with one attached hydrogen (secondary N) is 2. The van der Waals surface area contributed by atoms with Gasteiger partial charge in [-0.05, 0) is 30.3 Å². The van der Waals surface area contributed by atoms with Crippen molar-refractivity contribution >= 4 is 56.4 Å². The molecule has 1 amide bonds. The topological polar surface area (TPSA) is 64.9 Å². The van der Waals surface area contributed by atoms with Crippen LogP contribution in [-0.2, 0) is 4.79 Å². The maximum Gasteiger partial charge on any atom is 0.267 e. The number of carbonyl (C=O) groups excluding carboxylic acids is 1. The maximum absolute atomic E-state index is 12.1. The average molecular weight is 411 g/mol. The van der Waals surface area contributed by atoms with Crippen LogP contribution in [0, 0.1) is 11.3 Å². The van der Waals surface area contributed by atoms with Crippen LogP contribution in [0.1, 0.15) is 0 Å². The number of hydrogen-bond acceptors (Lipinski definition) is 3. The van der Waals surface area contributed by atoms with Crippen LogP contribution in [0.15, 0.2) is 58.7 Å². The minimum Gasteiger partial charge on any atom is -0.360 e. The highest BCUT2D eigenvalue weighted by Gasteiger charge is 2.12. The maximum atomic E-state index is 12.1. The van der Waals surface area contributed by atoms with Crippen molar-refractivity contribution in [2.45, 2.75) is 0 Å². The van der Waals surface area contributed by atoms with Gasteiger partial charge in [0.1, 0.15) is 11.6 Å². The van der Waals surface area contributed by atoms with Crippen LogP contribution in [0.25, 0.3) is 0 Å². The largest absolute Gasteiger partial charge is 0.360 e. The van der Waals surface area contributed by atoms with E-state index in [0.717, 1.165) is 10.2 Å². The van der Waals surface area contributed by atoms with E-state index in [1.54, 1.807) is 18.2 Å². The van der Waals surface area contributed by atoms with Crippen LogP contribution in [0.4, 0.5) is 11.4 Å². The predicted molar refractivity (Wildman–Crippen MR) is 96.6 cm³/mol. The van der Waals surface area contributed by atoms with Crippen LogP contribution < -0.4 is 10.6 Å². The van der Waals surface area contributed by atoms with Gasteiger partial charge in [-0.15, -0.1) is 0 Å². The summed E-state index contributed by atoms with van der Waals surface area (Å²) in [5.41, 5.74) is 0.981. The molecule has 7 heteroatoms. The molecule has 4 nitrogen and oxygen atoms in total. The first kappa shape index (κ1) is 17.4. The zero-order valence-electron chi connectivity index (χ0n) is 11.6. The number of benzene rings is 2. The molecule has 0 aromatic heterocycles. The molecule has 2 aromatic carbocycles. The molecule has 0 bridgehead atoms. The van der Waals surface area contributed by atoms with E-state index >= 15 is 0 Å². The molecule has 0 unspecified atom stereocenters. The molecule has 0 spiro atoms. The molecule has 116 valence electrons. The molecular weight excluding hydrogens is 401 g/mol. The number of hydrogen-bond donors (Lipinski definition) is 2. The summed E-state index contributed by atoms with van der Waals surface area (Å²) in [6, 6.07) is 14.0. The third kappa shape index (κ3) is 4.73. The van der Waals surface area contributed by atoms with Gasteiger partial charge in [0.15, 0.2) is 0 Å². The molecular formula is C16H10BrCl2N3O. The second-order valence-corrected chi connectivity index (χ2v) is 6.08. The van der Waals surface area contributed by atoms with Gasteiger partial charge >= 0.3 is 0 Å². The SMILES string of the molecule is N#C/C(=C/Nc1cccc(Br)c1)C(=O)Nc1cccc(Cl)c1Cl. The molecule has 0 saturated heterocycles. The van der Waals surface area contributed by atoms with E-state index in [4.69, 9.17) is 28.5 Å². The second kappa shape index (κ2) is 8.02. The molecule has 0 radical (unpaired) electrons. The van der Waals surface area contributed by atoms with Gasteiger partial charge in [0.2, 0.25) is 0 Å². The van der Waals surface area contributed by atoms with Crippen LogP contribution in [0.5, 0.6) is 0 Å². The first-order valence-electron chi connectivity index (χ1n) is 6.39. The molecule has 2 N–H and O–H groups in total. The fourth-order valence-corrected chi connectivity index (χ4v) is 2.42. The lowest BCUT2D eigenvalue weighted by molar-refractivity contribution is -0.112. The zero-order valence-corrected chi connectivity index (χ0v) is 14.7. The number of anilines is 2. The number of halogens is 3. The van der Waals surface area contributed by atoms with Crippen molar-refractivity contribution in [3.05, 3.63) is 68.8 Å². The highest BCUT2D eigenvalue weighted by Crippen LogP contribution is 2.29. The quantitative estimate of drug-likeness (QED) is 0.536. The van der Waals surface area contributed by atoms with Crippen molar-refractivity contribution in [2.75, 3.05) is 10.6 Å². The minimum absolute atomic E-state index is 0.0963. The lowest BCUT2D eigenvalue weighted by Gasteiger charge is -2.08. The van der Waals surface area contributed by atoms with E-state index < -0.39 is 5.91 Å². The number of rotatable bonds is 4. The van der Waals surface area contributed by atoms with Crippen molar-refractivity contribution in [3.63, 3.8) is 0 Å². The summed E-state index contributed by atoms with van der Waals surface area (Å²) in [6.07, 6.45) is 1.33. The zero-order chi connectivity index (χ0) is 16.8. The smallest absolute Gasteiger partial charge is 0.267 e. The number of nitrogens with zero attached hydrogens (tertiary/aromatic N) is 1. The van der Waals surface area contributed by atoms with Gasteiger partial charge in [0.25, 0.3) is 5.91 Å². The Bertz CT molecular complexity index is 815. The Morgan fingerprint density at radius 3 is 2.65 bits per heavy atom. The molecule has 2 rings (SSSR count). The first-order valence-corrected chi connectivity index (χ1v) is 7.94. The lowest BCUT2D eigenvalue weighted by Crippen LogP contribution is -2.14. The molecule has 23 heavy (non-hydrogen) atoms. The molecule has 0 aliphatic carbocycles. The van der Waals surface area contributed by atoms with Gasteiger partial charge in [-0.1, -0.05) is 51.3 Å². The van der Waals surface area contributed by atoms with E-state index in [0.29, 0.717) is 10.7 Å². The lowest BCUT2D eigenvalue weighted by atomic mass is 10.2. The summed E-state index contributed by atoms with van der Waals surface area (Å²) in [5.74, 6) is -0.584. The number of amides is 1. The third-order valence-corrected chi connectivity index (χ3v) is 4.08.